The topological polar surface area (TPSA) is 94.7 Å². The number of hydrogen-bond donors (Lipinski definition) is 1. The summed E-state index contributed by atoms with van der Waals surface area (Å²) >= 11 is 5.94. The Bertz CT molecular complexity index is 1620. The van der Waals surface area contributed by atoms with Crippen LogP contribution >= 0.6 is 12.2 Å². The van der Waals surface area contributed by atoms with E-state index in [0.29, 0.717) is 16.5 Å². The van der Waals surface area contributed by atoms with Crippen molar-refractivity contribution in [1.29, 1.82) is 0 Å². The van der Waals surface area contributed by atoms with Crippen LogP contribution in [0.4, 0.5) is 11.4 Å². The number of benzene rings is 2. The van der Waals surface area contributed by atoms with Crippen LogP contribution in [0, 0.1) is 24.0 Å². The molecular formula is C32H33N5O4S. The van der Waals surface area contributed by atoms with Gasteiger partial charge in [0.25, 0.3) is 5.69 Å². The monoisotopic (exact) mass is 583 g/mol. The second-order valence-electron chi connectivity index (χ2n) is 10.8. The lowest BCUT2D eigenvalue weighted by molar-refractivity contribution is -0.384. The number of nitrogens with one attached hydrogen (secondary N) is 1. The molecule has 10 heteroatoms. The van der Waals surface area contributed by atoms with Gasteiger partial charge in [-0.05, 0) is 106 Å². The van der Waals surface area contributed by atoms with Gasteiger partial charge in [0, 0.05) is 35.4 Å². The first-order valence-electron chi connectivity index (χ1n) is 14.1. The van der Waals surface area contributed by atoms with Crippen molar-refractivity contribution in [3.63, 3.8) is 0 Å². The van der Waals surface area contributed by atoms with Gasteiger partial charge in [-0.1, -0.05) is 6.07 Å². The molecule has 2 atom stereocenters. The summed E-state index contributed by atoms with van der Waals surface area (Å²) in [6.45, 7) is 4.01. The number of rotatable bonds is 8. The molecule has 6 rings (SSSR count). The zero-order chi connectivity index (χ0) is 29.4. The number of thiocarbonyl (C=S) groups is 1. The lowest BCUT2D eigenvalue weighted by atomic mass is 9.96. The Morgan fingerprint density at radius 3 is 2.48 bits per heavy atom. The quantitative estimate of drug-likeness (QED) is 0.136. The molecule has 1 N–H and O–H groups in total. The Hall–Kier alpha value is -4.44. The number of nitro benzene ring substituents is 1. The van der Waals surface area contributed by atoms with Crippen LogP contribution in [0.5, 0.6) is 11.5 Å². The average molecular weight is 584 g/mol. The molecular weight excluding hydrogens is 550 g/mol. The molecule has 0 amide bonds. The number of hydrogen-bond acceptors (Lipinski definition) is 6. The van der Waals surface area contributed by atoms with Crippen molar-refractivity contribution in [2.45, 2.75) is 57.7 Å². The van der Waals surface area contributed by atoms with Crippen molar-refractivity contribution in [2.75, 3.05) is 12.0 Å². The minimum absolute atomic E-state index is 0.00328. The highest BCUT2D eigenvalue weighted by molar-refractivity contribution is 7.80. The second-order valence-corrected chi connectivity index (χ2v) is 11.2. The van der Waals surface area contributed by atoms with E-state index in [1.165, 1.54) is 18.9 Å². The molecule has 1 aliphatic heterocycles. The molecule has 2 aromatic carbocycles. The predicted molar refractivity (Wildman–Crippen MR) is 166 cm³/mol. The maximum atomic E-state index is 11.6. The summed E-state index contributed by atoms with van der Waals surface area (Å²) in [5.41, 5.74) is 5.27. The number of aryl methyl sites for hydroxylation is 1. The zero-order valence-electron chi connectivity index (χ0n) is 23.8. The highest BCUT2D eigenvalue weighted by atomic mass is 32.1. The fourth-order valence-electron chi connectivity index (χ4n) is 6.26. The Labute approximate surface area is 250 Å². The number of methoxy groups -OCH3 is 1. The first kappa shape index (κ1) is 27.7. The molecule has 3 heterocycles. The van der Waals surface area contributed by atoms with Crippen molar-refractivity contribution >= 4 is 28.7 Å². The van der Waals surface area contributed by atoms with Crippen LogP contribution in [-0.4, -0.2) is 32.8 Å². The van der Waals surface area contributed by atoms with E-state index in [-0.39, 0.29) is 23.9 Å². The zero-order valence-corrected chi connectivity index (χ0v) is 24.6. The molecule has 0 spiro atoms. The van der Waals surface area contributed by atoms with E-state index in [1.807, 2.05) is 48.7 Å². The first-order chi connectivity index (χ1) is 20.4. The summed E-state index contributed by atoms with van der Waals surface area (Å²) < 4.78 is 13.9. The van der Waals surface area contributed by atoms with E-state index >= 15 is 0 Å². The number of ether oxygens (including phenoxy) is 2. The summed E-state index contributed by atoms with van der Waals surface area (Å²) in [5, 5.41) is 15.8. The summed E-state index contributed by atoms with van der Waals surface area (Å²) in [6.07, 6.45) is 6.69. The van der Waals surface area contributed by atoms with Gasteiger partial charge in [0.15, 0.2) is 5.11 Å². The molecule has 1 saturated heterocycles. The molecule has 2 aliphatic rings. The third-order valence-corrected chi connectivity index (χ3v) is 8.54. The van der Waals surface area contributed by atoms with E-state index in [9.17, 15) is 10.1 Å². The Morgan fingerprint density at radius 1 is 1.05 bits per heavy atom. The average Bonchev–Trinajstić information content (AvgIpc) is 3.71. The van der Waals surface area contributed by atoms with Gasteiger partial charge in [-0.25, -0.2) is 0 Å². The van der Waals surface area contributed by atoms with Crippen LogP contribution in [-0.2, 0) is 0 Å². The lowest BCUT2D eigenvalue weighted by Crippen LogP contribution is -2.29. The molecule has 2 unspecified atom stereocenters. The lowest BCUT2D eigenvalue weighted by Gasteiger charge is -2.28. The molecule has 2 fully saturated rings. The molecule has 0 radical (unpaired) electrons. The van der Waals surface area contributed by atoms with Gasteiger partial charge in [-0.2, -0.15) is 0 Å². The number of pyridine rings is 1. The van der Waals surface area contributed by atoms with Crippen molar-refractivity contribution < 1.29 is 14.4 Å². The molecule has 0 bridgehead atoms. The standard InChI is InChI=1S/C32H33N5O4S/c1-20-18-26(21(2)35(20)28-19-23(37(38)39)13-16-29(28)40-3)31-30(27-10-6-7-17-33-27)34-32(42)36(31)22-11-14-25(15-12-22)41-24-8-4-5-9-24/h6-7,10-19,24,30-31H,4-5,8-9H2,1-3H3,(H,34,42). The van der Waals surface area contributed by atoms with Crippen LogP contribution in [0.1, 0.15) is 60.4 Å². The van der Waals surface area contributed by atoms with Gasteiger partial charge in [-0.15, -0.1) is 0 Å². The minimum Gasteiger partial charge on any atom is -0.495 e. The van der Waals surface area contributed by atoms with Gasteiger partial charge < -0.3 is 24.3 Å². The van der Waals surface area contributed by atoms with Crippen LogP contribution in [0.2, 0.25) is 0 Å². The van der Waals surface area contributed by atoms with Crippen LogP contribution in [0.15, 0.2) is 72.9 Å². The molecule has 1 aliphatic carbocycles. The summed E-state index contributed by atoms with van der Waals surface area (Å²) in [7, 11) is 1.57. The SMILES string of the molecule is COc1ccc([N+](=O)[O-])cc1-n1c(C)cc(C2C(c3ccccn3)NC(=S)N2c2ccc(OC3CCCC3)cc2)c1C. The third-order valence-electron chi connectivity index (χ3n) is 8.22. The highest BCUT2D eigenvalue weighted by Crippen LogP contribution is 2.44. The van der Waals surface area contributed by atoms with Crippen molar-refractivity contribution in [2.24, 2.45) is 0 Å². The fourth-order valence-corrected chi connectivity index (χ4v) is 6.60. The summed E-state index contributed by atoms with van der Waals surface area (Å²) in [6, 6.07) is 20.3. The first-order valence-corrected chi connectivity index (χ1v) is 14.6. The van der Waals surface area contributed by atoms with Crippen molar-refractivity contribution in [3.8, 4) is 17.2 Å². The maximum Gasteiger partial charge on any atom is 0.271 e. The van der Waals surface area contributed by atoms with Gasteiger partial charge >= 0.3 is 0 Å². The van der Waals surface area contributed by atoms with Gasteiger partial charge in [0.1, 0.15) is 11.5 Å². The number of anilines is 1. The van der Waals surface area contributed by atoms with E-state index in [4.69, 9.17) is 21.7 Å². The van der Waals surface area contributed by atoms with Crippen molar-refractivity contribution in [3.05, 3.63) is 106 Å². The van der Waals surface area contributed by atoms with Crippen LogP contribution in [0.25, 0.3) is 5.69 Å². The summed E-state index contributed by atoms with van der Waals surface area (Å²) in [5.74, 6) is 1.41. The Balaban J connectivity index is 1.44. The van der Waals surface area contributed by atoms with E-state index < -0.39 is 4.92 Å². The van der Waals surface area contributed by atoms with E-state index in [2.05, 4.69) is 33.4 Å². The molecule has 4 aromatic rings. The molecule has 216 valence electrons. The molecule has 42 heavy (non-hydrogen) atoms. The van der Waals surface area contributed by atoms with Crippen molar-refractivity contribution in [1.82, 2.24) is 14.9 Å². The second kappa shape index (κ2) is 11.4. The van der Waals surface area contributed by atoms with Crippen LogP contribution < -0.4 is 19.7 Å². The molecule has 1 saturated carbocycles. The smallest absolute Gasteiger partial charge is 0.271 e. The van der Waals surface area contributed by atoms with E-state index in [0.717, 1.165) is 46.9 Å². The summed E-state index contributed by atoms with van der Waals surface area (Å²) in [4.78, 5) is 18.0. The van der Waals surface area contributed by atoms with Gasteiger partial charge in [0.05, 0.1) is 41.6 Å². The van der Waals surface area contributed by atoms with Gasteiger partial charge in [0.2, 0.25) is 0 Å². The predicted octanol–water partition coefficient (Wildman–Crippen LogP) is 6.90. The van der Waals surface area contributed by atoms with Crippen LogP contribution in [0.3, 0.4) is 0 Å². The largest absolute Gasteiger partial charge is 0.495 e. The third kappa shape index (κ3) is 5.07. The Kier molecular flexibility index (Phi) is 7.55. The van der Waals surface area contributed by atoms with Gasteiger partial charge in [-0.3, -0.25) is 15.1 Å². The number of nitro groups is 1. The number of non-ortho nitro benzene ring substituents is 1. The maximum absolute atomic E-state index is 11.6. The normalized spacial score (nSPS) is 18.7. The molecule has 2 aromatic heterocycles. The minimum atomic E-state index is -0.393. The fraction of sp³-hybridized carbons (Fsp3) is 0.312. The number of aromatic nitrogens is 2. The molecule has 9 nitrogen and oxygen atoms in total. The Morgan fingerprint density at radius 2 is 1.81 bits per heavy atom. The van der Waals surface area contributed by atoms with E-state index in [1.54, 1.807) is 25.4 Å². The number of nitrogens with zero attached hydrogens (tertiary/aromatic N) is 4. The highest BCUT2D eigenvalue weighted by Gasteiger charge is 2.42.